The fourth-order valence-electron chi connectivity index (χ4n) is 5.29. The quantitative estimate of drug-likeness (QED) is 0.176. The monoisotopic (exact) mass is 509 g/mol. The van der Waals surface area contributed by atoms with E-state index in [0.717, 1.165) is 44.2 Å². The van der Waals surface area contributed by atoms with Gasteiger partial charge < -0.3 is 0 Å². The molecule has 0 radical (unpaired) electrons. The summed E-state index contributed by atoms with van der Waals surface area (Å²) < 4.78 is 0. The number of pyridine rings is 1. The number of hydrogen-bond acceptors (Lipinski definition) is 4. The second-order valence-corrected chi connectivity index (χ2v) is 9.42. The normalized spacial score (nSPS) is 10.9. The molecule has 0 N–H and O–H groups in total. The Bertz CT molecular complexity index is 2170. The maximum atomic E-state index is 9.89. The molecule has 7 aromatic rings. The largest absolute Gasteiger partial charge is 0.255 e. The van der Waals surface area contributed by atoms with Gasteiger partial charge in [-0.3, -0.25) is 4.98 Å². The summed E-state index contributed by atoms with van der Waals surface area (Å²) >= 11 is 0. The van der Waals surface area contributed by atoms with Crippen LogP contribution in [0.4, 0.5) is 5.69 Å². The lowest BCUT2D eigenvalue weighted by atomic mass is 9.95. The summed E-state index contributed by atoms with van der Waals surface area (Å²) in [4.78, 5) is 19.3. The van der Waals surface area contributed by atoms with Gasteiger partial charge in [0.25, 0.3) is 0 Å². The predicted molar refractivity (Wildman–Crippen MR) is 160 cm³/mol. The molecule has 7 rings (SSSR count). The standard InChI is InChI=1S/C35H19N5/c1-37-29-20-27-30(26-18-10-11-19-28(26)38-33(27)25-17-9-8-16-24(25)21-36)35-34(29)39-31(22-12-4-2-5-13-22)32(40-35)23-14-6-3-7-15-23/h2-20H. The van der Waals surface area contributed by atoms with Gasteiger partial charge in [-0.2, -0.15) is 5.26 Å². The fourth-order valence-corrected chi connectivity index (χ4v) is 5.29. The molecule has 5 aromatic carbocycles. The SMILES string of the molecule is [C-]#[N+]c1cc2c(-c3ccccc3C#N)nc3ccccc3c2c2nc(-c3ccccc3)c(-c3ccccc3)nc12. The first-order valence-corrected chi connectivity index (χ1v) is 12.8. The van der Waals surface area contributed by atoms with E-state index >= 15 is 0 Å². The molecule has 0 bridgehead atoms. The molecule has 0 fully saturated rings. The second-order valence-electron chi connectivity index (χ2n) is 9.42. The van der Waals surface area contributed by atoms with Crippen LogP contribution in [0.15, 0.2) is 115 Å². The number of para-hydroxylation sites is 1. The first-order chi connectivity index (χ1) is 19.8. The van der Waals surface area contributed by atoms with E-state index in [9.17, 15) is 5.26 Å². The number of fused-ring (bicyclic) bond motifs is 5. The summed E-state index contributed by atoms with van der Waals surface area (Å²) in [5.41, 5.74) is 7.55. The maximum absolute atomic E-state index is 9.89. The van der Waals surface area contributed by atoms with Crippen LogP contribution in [-0.4, -0.2) is 15.0 Å². The van der Waals surface area contributed by atoms with Crippen molar-refractivity contribution < 1.29 is 0 Å². The summed E-state index contributed by atoms with van der Waals surface area (Å²) in [6, 6.07) is 39.4. The van der Waals surface area contributed by atoms with Crippen LogP contribution in [-0.2, 0) is 0 Å². The summed E-state index contributed by atoms with van der Waals surface area (Å²) in [6.07, 6.45) is 0. The number of aromatic nitrogens is 3. The van der Waals surface area contributed by atoms with Crippen molar-refractivity contribution in [1.82, 2.24) is 15.0 Å². The van der Waals surface area contributed by atoms with Crippen LogP contribution in [0.1, 0.15) is 5.56 Å². The molecule has 0 saturated carbocycles. The van der Waals surface area contributed by atoms with Gasteiger partial charge in [-0.15, -0.1) is 0 Å². The van der Waals surface area contributed by atoms with Crippen LogP contribution in [0.5, 0.6) is 0 Å². The predicted octanol–water partition coefficient (Wildman–Crippen LogP) is 8.75. The van der Waals surface area contributed by atoms with Crippen LogP contribution in [0.2, 0.25) is 0 Å². The highest BCUT2D eigenvalue weighted by molar-refractivity contribution is 6.23. The number of nitriles is 1. The zero-order valence-corrected chi connectivity index (χ0v) is 21.2. The van der Waals surface area contributed by atoms with Crippen molar-refractivity contribution >= 4 is 38.4 Å². The highest BCUT2D eigenvalue weighted by atomic mass is 14.9. The van der Waals surface area contributed by atoms with Gasteiger partial charge in [0.2, 0.25) is 5.69 Å². The van der Waals surface area contributed by atoms with Gasteiger partial charge in [-0.1, -0.05) is 97.1 Å². The van der Waals surface area contributed by atoms with Crippen molar-refractivity contribution in [3.8, 4) is 39.8 Å². The van der Waals surface area contributed by atoms with Crippen molar-refractivity contribution in [2.24, 2.45) is 0 Å². The minimum atomic E-state index is 0.388. The van der Waals surface area contributed by atoms with Gasteiger partial charge in [0.15, 0.2) is 0 Å². The Morgan fingerprint density at radius 1 is 0.600 bits per heavy atom. The molecule has 2 aromatic heterocycles. The summed E-state index contributed by atoms with van der Waals surface area (Å²) in [7, 11) is 0. The third-order valence-corrected chi connectivity index (χ3v) is 7.10. The molecule has 5 nitrogen and oxygen atoms in total. The zero-order chi connectivity index (χ0) is 27.1. The molecule has 0 atom stereocenters. The molecule has 0 aliphatic heterocycles. The van der Waals surface area contributed by atoms with Crippen molar-refractivity contribution in [1.29, 1.82) is 5.26 Å². The maximum Gasteiger partial charge on any atom is 0.215 e. The minimum Gasteiger partial charge on any atom is -0.255 e. The lowest BCUT2D eigenvalue weighted by Gasteiger charge is -2.16. The first-order valence-electron chi connectivity index (χ1n) is 12.8. The second kappa shape index (κ2) is 9.44. The highest BCUT2D eigenvalue weighted by Crippen LogP contribution is 2.42. The molecule has 5 heteroatoms. The third kappa shape index (κ3) is 3.66. The number of hydrogen-bond donors (Lipinski definition) is 0. The van der Waals surface area contributed by atoms with Crippen molar-refractivity contribution in [2.75, 3.05) is 0 Å². The van der Waals surface area contributed by atoms with E-state index in [-0.39, 0.29) is 0 Å². The average Bonchev–Trinajstić information content (AvgIpc) is 3.04. The number of rotatable bonds is 3. The van der Waals surface area contributed by atoms with Crippen LogP contribution >= 0.6 is 0 Å². The molecule has 0 aliphatic carbocycles. The molecule has 184 valence electrons. The van der Waals surface area contributed by atoms with Crippen molar-refractivity contribution in [2.45, 2.75) is 0 Å². The van der Waals surface area contributed by atoms with Crippen LogP contribution < -0.4 is 0 Å². The topological polar surface area (TPSA) is 66.8 Å². The third-order valence-electron chi connectivity index (χ3n) is 7.10. The van der Waals surface area contributed by atoms with Crippen molar-refractivity contribution in [3.05, 3.63) is 132 Å². The van der Waals surface area contributed by atoms with E-state index in [1.807, 2.05) is 109 Å². The van der Waals surface area contributed by atoms with E-state index in [0.29, 0.717) is 33.5 Å². The van der Waals surface area contributed by atoms with Crippen LogP contribution in [0.25, 0.3) is 71.3 Å². The van der Waals surface area contributed by atoms with E-state index in [1.165, 1.54) is 0 Å². The lowest BCUT2D eigenvalue weighted by molar-refractivity contribution is 1.30. The van der Waals surface area contributed by atoms with Crippen molar-refractivity contribution in [3.63, 3.8) is 0 Å². The Balaban J connectivity index is 1.71. The van der Waals surface area contributed by atoms with Gasteiger partial charge in [-0.25, -0.2) is 14.8 Å². The molecule has 0 aliphatic rings. The zero-order valence-electron chi connectivity index (χ0n) is 21.2. The van der Waals surface area contributed by atoms with Gasteiger partial charge in [0, 0.05) is 32.8 Å². The first kappa shape index (κ1) is 23.2. The highest BCUT2D eigenvalue weighted by Gasteiger charge is 2.21. The Labute approximate surface area is 230 Å². The Hall–Kier alpha value is -5.91. The lowest BCUT2D eigenvalue weighted by Crippen LogP contribution is -1.98. The van der Waals surface area contributed by atoms with E-state index in [1.54, 1.807) is 6.07 Å². The van der Waals surface area contributed by atoms with Gasteiger partial charge in [0.1, 0.15) is 0 Å². The molecule has 0 amide bonds. The Morgan fingerprint density at radius 3 is 1.88 bits per heavy atom. The molecule has 0 spiro atoms. The van der Waals surface area contributed by atoms with Gasteiger partial charge in [-0.05, 0) is 18.2 Å². The number of nitrogens with zero attached hydrogens (tertiary/aromatic N) is 5. The van der Waals surface area contributed by atoms with E-state index in [2.05, 4.69) is 10.9 Å². The molecule has 40 heavy (non-hydrogen) atoms. The van der Waals surface area contributed by atoms with E-state index < -0.39 is 0 Å². The van der Waals surface area contributed by atoms with Gasteiger partial charge in [0.05, 0.1) is 51.8 Å². The summed E-state index contributed by atoms with van der Waals surface area (Å²) in [5, 5.41) is 12.4. The smallest absolute Gasteiger partial charge is 0.215 e. The van der Waals surface area contributed by atoms with Crippen LogP contribution in [0.3, 0.4) is 0 Å². The van der Waals surface area contributed by atoms with Gasteiger partial charge >= 0.3 is 0 Å². The minimum absolute atomic E-state index is 0.388. The molecular weight excluding hydrogens is 490 g/mol. The summed E-state index contributed by atoms with van der Waals surface area (Å²) in [6.45, 7) is 8.09. The summed E-state index contributed by atoms with van der Waals surface area (Å²) in [5.74, 6) is 0. The fraction of sp³-hybridized carbons (Fsp3) is 0. The van der Waals surface area contributed by atoms with E-state index in [4.69, 9.17) is 21.5 Å². The molecule has 2 heterocycles. The average molecular weight is 510 g/mol. The Kier molecular flexibility index (Phi) is 5.48. The van der Waals surface area contributed by atoms with Crippen LogP contribution in [0, 0.1) is 17.9 Å². The Morgan fingerprint density at radius 2 is 1.20 bits per heavy atom. The molecular formula is C35H19N5. The molecule has 0 unspecified atom stereocenters. The molecule has 0 saturated heterocycles. The number of benzene rings is 5.